The molecular formula is C18H26N2O4S. The number of nitro benzene ring substituents is 1. The number of nitrogens with zero attached hydrogens (tertiary/aromatic N) is 2. The van der Waals surface area contributed by atoms with E-state index in [0.717, 1.165) is 64.2 Å². The average molecular weight is 366 g/mol. The molecule has 2 fully saturated rings. The van der Waals surface area contributed by atoms with E-state index in [1.165, 1.54) is 24.3 Å². The lowest BCUT2D eigenvalue weighted by atomic mass is 9.91. The third kappa shape index (κ3) is 4.03. The van der Waals surface area contributed by atoms with Gasteiger partial charge in [-0.25, -0.2) is 8.42 Å². The molecule has 0 saturated heterocycles. The van der Waals surface area contributed by atoms with Gasteiger partial charge in [-0.05, 0) is 31.7 Å². The van der Waals surface area contributed by atoms with Gasteiger partial charge in [0.15, 0.2) is 0 Å². The minimum Gasteiger partial charge on any atom is -0.258 e. The lowest BCUT2D eigenvalue weighted by Crippen LogP contribution is -2.48. The van der Waals surface area contributed by atoms with E-state index < -0.39 is 14.9 Å². The second-order valence-electron chi connectivity index (χ2n) is 7.17. The summed E-state index contributed by atoms with van der Waals surface area (Å²) in [4.78, 5) is 10.6. The van der Waals surface area contributed by atoms with Gasteiger partial charge >= 0.3 is 0 Å². The Morgan fingerprint density at radius 3 is 1.92 bits per heavy atom. The summed E-state index contributed by atoms with van der Waals surface area (Å²) in [5, 5.41) is 11.1. The van der Waals surface area contributed by atoms with E-state index in [-0.39, 0.29) is 22.7 Å². The molecule has 1 aromatic rings. The maximum absolute atomic E-state index is 13.4. The third-order valence-electron chi connectivity index (χ3n) is 5.47. The number of sulfonamides is 1. The number of non-ortho nitro benzene ring substituents is 1. The van der Waals surface area contributed by atoms with E-state index in [0.29, 0.717) is 0 Å². The Morgan fingerprint density at radius 1 is 0.920 bits per heavy atom. The second-order valence-corrected chi connectivity index (χ2v) is 9.02. The van der Waals surface area contributed by atoms with Crippen molar-refractivity contribution >= 4 is 15.7 Å². The molecule has 138 valence electrons. The summed E-state index contributed by atoms with van der Waals surface area (Å²) in [6.07, 6.45) is 10.1. The van der Waals surface area contributed by atoms with Crippen molar-refractivity contribution in [3.63, 3.8) is 0 Å². The van der Waals surface area contributed by atoms with Gasteiger partial charge in [0.1, 0.15) is 0 Å². The summed E-state index contributed by atoms with van der Waals surface area (Å²) < 4.78 is 28.5. The highest BCUT2D eigenvalue weighted by Gasteiger charge is 2.38. The zero-order valence-corrected chi connectivity index (χ0v) is 15.3. The SMILES string of the molecule is O=[N+]([O-])c1cccc(S(=O)(=O)N(C2CCCCC2)C2CCCCC2)c1. The average Bonchev–Trinajstić information content (AvgIpc) is 2.63. The van der Waals surface area contributed by atoms with Gasteiger partial charge in [-0.3, -0.25) is 10.1 Å². The van der Waals surface area contributed by atoms with Gasteiger partial charge in [0.05, 0.1) is 9.82 Å². The molecule has 0 aromatic heterocycles. The highest BCUT2D eigenvalue weighted by Crippen LogP contribution is 2.35. The fourth-order valence-electron chi connectivity index (χ4n) is 4.24. The number of nitro groups is 1. The topological polar surface area (TPSA) is 80.5 Å². The molecule has 0 amide bonds. The van der Waals surface area contributed by atoms with Gasteiger partial charge in [-0.2, -0.15) is 4.31 Å². The van der Waals surface area contributed by atoms with Crippen LogP contribution in [0.25, 0.3) is 0 Å². The minimum absolute atomic E-state index is 0.0288. The Hall–Kier alpha value is -1.47. The zero-order chi connectivity index (χ0) is 17.9. The van der Waals surface area contributed by atoms with Gasteiger partial charge in [0, 0.05) is 24.2 Å². The summed E-state index contributed by atoms with van der Waals surface area (Å²) in [5.74, 6) is 0. The molecular weight excluding hydrogens is 340 g/mol. The first-order chi connectivity index (χ1) is 12.0. The van der Waals surface area contributed by atoms with E-state index in [1.54, 1.807) is 4.31 Å². The molecule has 0 spiro atoms. The van der Waals surface area contributed by atoms with Gasteiger partial charge in [-0.15, -0.1) is 0 Å². The molecule has 0 radical (unpaired) electrons. The lowest BCUT2D eigenvalue weighted by molar-refractivity contribution is -0.385. The number of hydrogen-bond donors (Lipinski definition) is 0. The molecule has 0 unspecified atom stereocenters. The normalized spacial score (nSPS) is 20.7. The van der Waals surface area contributed by atoms with Gasteiger partial charge < -0.3 is 0 Å². The van der Waals surface area contributed by atoms with Crippen molar-refractivity contribution in [1.82, 2.24) is 4.31 Å². The first-order valence-corrected chi connectivity index (χ1v) is 10.7. The van der Waals surface area contributed by atoms with Crippen molar-refractivity contribution in [2.45, 2.75) is 81.2 Å². The fraction of sp³-hybridized carbons (Fsp3) is 0.667. The maximum Gasteiger partial charge on any atom is 0.270 e. The molecule has 7 heteroatoms. The highest BCUT2D eigenvalue weighted by atomic mass is 32.2. The predicted octanol–water partition coefficient (Wildman–Crippen LogP) is 4.25. The lowest BCUT2D eigenvalue weighted by Gasteiger charge is -2.40. The molecule has 25 heavy (non-hydrogen) atoms. The zero-order valence-electron chi connectivity index (χ0n) is 14.5. The van der Waals surface area contributed by atoms with Gasteiger partial charge in [0.25, 0.3) is 5.69 Å². The Labute approximate surface area is 149 Å². The Kier molecular flexibility index (Phi) is 5.74. The standard InChI is InChI=1S/C18H26N2O4S/c21-20(22)17-12-7-13-18(14-17)25(23,24)19(15-8-3-1-4-9-15)16-10-5-2-6-11-16/h7,12-16H,1-6,8-11H2. The first-order valence-electron chi connectivity index (χ1n) is 9.28. The molecule has 2 aliphatic rings. The minimum atomic E-state index is -3.73. The molecule has 0 aliphatic heterocycles. The Morgan fingerprint density at radius 2 is 1.44 bits per heavy atom. The summed E-state index contributed by atoms with van der Waals surface area (Å²) in [5.41, 5.74) is -0.173. The highest BCUT2D eigenvalue weighted by molar-refractivity contribution is 7.89. The van der Waals surface area contributed by atoms with E-state index in [2.05, 4.69) is 0 Å². The van der Waals surface area contributed by atoms with Crippen molar-refractivity contribution in [3.8, 4) is 0 Å². The van der Waals surface area contributed by atoms with E-state index in [1.807, 2.05) is 0 Å². The van der Waals surface area contributed by atoms with Crippen LogP contribution in [-0.2, 0) is 10.0 Å². The van der Waals surface area contributed by atoms with Crippen LogP contribution >= 0.6 is 0 Å². The van der Waals surface area contributed by atoms with E-state index >= 15 is 0 Å². The summed E-state index contributed by atoms with van der Waals surface area (Å²) in [6.45, 7) is 0. The van der Waals surface area contributed by atoms with Crippen LogP contribution in [0.4, 0.5) is 5.69 Å². The largest absolute Gasteiger partial charge is 0.270 e. The van der Waals surface area contributed by atoms with Crippen molar-refractivity contribution < 1.29 is 13.3 Å². The molecule has 0 bridgehead atoms. The number of benzene rings is 1. The third-order valence-corrected chi connectivity index (χ3v) is 7.47. The number of rotatable bonds is 5. The monoisotopic (exact) mass is 366 g/mol. The van der Waals surface area contributed by atoms with Crippen LogP contribution in [0.15, 0.2) is 29.2 Å². The molecule has 0 heterocycles. The van der Waals surface area contributed by atoms with Crippen LogP contribution in [0.1, 0.15) is 64.2 Å². The quantitative estimate of drug-likeness (QED) is 0.576. The van der Waals surface area contributed by atoms with Crippen molar-refractivity contribution in [1.29, 1.82) is 0 Å². The van der Waals surface area contributed by atoms with E-state index in [4.69, 9.17) is 0 Å². The van der Waals surface area contributed by atoms with Crippen LogP contribution in [0.2, 0.25) is 0 Å². The fourth-order valence-corrected chi connectivity index (χ4v) is 6.21. The Bertz CT molecular complexity index is 690. The van der Waals surface area contributed by atoms with Crippen LogP contribution in [0.3, 0.4) is 0 Å². The molecule has 1 aromatic carbocycles. The summed E-state index contributed by atoms with van der Waals surface area (Å²) in [7, 11) is -3.73. The molecule has 0 N–H and O–H groups in total. The molecule has 2 aliphatic carbocycles. The molecule has 3 rings (SSSR count). The predicted molar refractivity (Wildman–Crippen MR) is 95.9 cm³/mol. The molecule has 6 nitrogen and oxygen atoms in total. The van der Waals surface area contributed by atoms with Crippen LogP contribution < -0.4 is 0 Å². The molecule has 0 atom stereocenters. The first kappa shape index (κ1) is 18.3. The van der Waals surface area contributed by atoms with Gasteiger partial charge in [0.2, 0.25) is 10.0 Å². The number of hydrogen-bond acceptors (Lipinski definition) is 4. The maximum atomic E-state index is 13.4. The molecule has 2 saturated carbocycles. The van der Waals surface area contributed by atoms with Crippen LogP contribution in [0, 0.1) is 10.1 Å². The van der Waals surface area contributed by atoms with E-state index in [9.17, 15) is 18.5 Å². The van der Waals surface area contributed by atoms with Crippen LogP contribution in [0.5, 0.6) is 0 Å². The second kappa shape index (κ2) is 7.83. The summed E-state index contributed by atoms with van der Waals surface area (Å²) in [6, 6.07) is 5.55. The summed E-state index contributed by atoms with van der Waals surface area (Å²) >= 11 is 0. The van der Waals surface area contributed by atoms with Crippen molar-refractivity contribution in [2.24, 2.45) is 0 Å². The van der Waals surface area contributed by atoms with Crippen molar-refractivity contribution in [2.75, 3.05) is 0 Å². The van der Waals surface area contributed by atoms with Gasteiger partial charge in [-0.1, -0.05) is 44.6 Å². The Balaban J connectivity index is 1.97. The van der Waals surface area contributed by atoms with Crippen LogP contribution in [-0.4, -0.2) is 29.7 Å². The smallest absolute Gasteiger partial charge is 0.258 e. The van der Waals surface area contributed by atoms with Crippen molar-refractivity contribution in [3.05, 3.63) is 34.4 Å².